The summed E-state index contributed by atoms with van der Waals surface area (Å²) >= 11 is 1.69. The number of rotatable bonds is 6. The Bertz CT molecular complexity index is 659. The first-order valence-electron chi connectivity index (χ1n) is 7.88. The van der Waals surface area contributed by atoms with Gasteiger partial charge in [0.15, 0.2) is 5.96 Å². The molecule has 25 heavy (non-hydrogen) atoms. The molecule has 1 aromatic carbocycles. The number of amides is 1. The van der Waals surface area contributed by atoms with Crippen molar-refractivity contribution in [3.8, 4) is 0 Å². The van der Waals surface area contributed by atoms with Gasteiger partial charge in [-0.05, 0) is 23.9 Å². The molecule has 2 aromatic rings. The van der Waals surface area contributed by atoms with Crippen LogP contribution >= 0.6 is 35.3 Å². The van der Waals surface area contributed by atoms with Crippen LogP contribution in [0.5, 0.6) is 0 Å². The summed E-state index contributed by atoms with van der Waals surface area (Å²) in [5.41, 5.74) is 1.17. The van der Waals surface area contributed by atoms with Gasteiger partial charge < -0.3 is 15.5 Å². The fourth-order valence-corrected chi connectivity index (χ4v) is 2.70. The van der Waals surface area contributed by atoms with Gasteiger partial charge in [-0.1, -0.05) is 36.4 Å². The Kier molecular flexibility index (Phi) is 9.51. The summed E-state index contributed by atoms with van der Waals surface area (Å²) in [4.78, 5) is 19.0. The van der Waals surface area contributed by atoms with Crippen LogP contribution < -0.4 is 10.6 Å². The van der Waals surface area contributed by atoms with E-state index in [1.807, 2.05) is 29.6 Å². The molecule has 1 unspecified atom stereocenters. The number of guanidine groups is 1. The van der Waals surface area contributed by atoms with Crippen molar-refractivity contribution >= 4 is 47.2 Å². The average Bonchev–Trinajstić information content (AvgIpc) is 3.11. The highest BCUT2D eigenvalue weighted by atomic mass is 127. The molecule has 0 saturated heterocycles. The minimum Gasteiger partial charge on any atom is -0.351 e. The van der Waals surface area contributed by atoms with Crippen molar-refractivity contribution in [3.63, 3.8) is 0 Å². The predicted molar refractivity (Wildman–Crippen MR) is 116 cm³/mol. The van der Waals surface area contributed by atoms with E-state index in [4.69, 9.17) is 0 Å². The highest BCUT2D eigenvalue weighted by Crippen LogP contribution is 2.11. The molecule has 2 N–H and O–H groups in total. The maximum Gasteiger partial charge on any atom is 0.243 e. The molecule has 0 fully saturated rings. The van der Waals surface area contributed by atoms with Crippen molar-refractivity contribution in [1.82, 2.24) is 15.5 Å². The minimum absolute atomic E-state index is 0. The fraction of sp³-hybridized carbons (Fsp3) is 0.333. The Labute approximate surface area is 170 Å². The summed E-state index contributed by atoms with van der Waals surface area (Å²) in [6.07, 6.45) is 0. The van der Waals surface area contributed by atoms with Gasteiger partial charge in [-0.3, -0.25) is 4.79 Å². The smallest absolute Gasteiger partial charge is 0.243 e. The van der Waals surface area contributed by atoms with E-state index in [1.54, 1.807) is 30.3 Å². The van der Waals surface area contributed by atoms with Crippen molar-refractivity contribution in [2.24, 2.45) is 4.99 Å². The van der Waals surface area contributed by atoms with Crippen LogP contribution in [0.3, 0.4) is 0 Å². The summed E-state index contributed by atoms with van der Waals surface area (Å²) in [6, 6.07) is 14.3. The van der Waals surface area contributed by atoms with Gasteiger partial charge in [0.25, 0.3) is 0 Å². The highest BCUT2D eigenvalue weighted by Gasteiger charge is 2.09. The van der Waals surface area contributed by atoms with Crippen molar-refractivity contribution in [3.05, 3.63) is 58.3 Å². The zero-order valence-electron chi connectivity index (χ0n) is 14.7. The molecule has 0 bridgehead atoms. The molecule has 0 aliphatic heterocycles. The van der Waals surface area contributed by atoms with E-state index < -0.39 is 0 Å². The number of likely N-dealkylation sites (N-methyl/N-ethyl adjacent to an activating group) is 1. The van der Waals surface area contributed by atoms with Crippen LogP contribution in [0.1, 0.15) is 23.4 Å². The van der Waals surface area contributed by atoms with E-state index in [-0.39, 0.29) is 42.5 Å². The molecule has 1 amide bonds. The van der Waals surface area contributed by atoms with E-state index in [9.17, 15) is 4.79 Å². The molecular weight excluding hydrogens is 447 g/mol. The van der Waals surface area contributed by atoms with Gasteiger partial charge in [-0.2, -0.15) is 0 Å². The molecule has 1 heterocycles. The maximum atomic E-state index is 11.8. The first-order chi connectivity index (χ1) is 11.6. The second-order valence-electron chi connectivity index (χ2n) is 5.66. The third-order valence-electron chi connectivity index (χ3n) is 3.53. The lowest BCUT2D eigenvalue weighted by molar-refractivity contribution is -0.127. The number of nitrogens with one attached hydrogen (secondary N) is 2. The molecule has 0 radical (unpaired) electrons. The van der Waals surface area contributed by atoms with Crippen LogP contribution in [0.4, 0.5) is 0 Å². The van der Waals surface area contributed by atoms with Crippen LogP contribution in [-0.4, -0.2) is 37.4 Å². The van der Waals surface area contributed by atoms with Gasteiger partial charge >= 0.3 is 0 Å². The van der Waals surface area contributed by atoms with Gasteiger partial charge in [0, 0.05) is 19.0 Å². The Hall–Kier alpha value is -1.61. The Morgan fingerprint density at radius 3 is 2.52 bits per heavy atom. The van der Waals surface area contributed by atoms with E-state index in [0.717, 1.165) is 0 Å². The number of halogens is 1. The van der Waals surface area contributed by atoms with Crippen LogP contribution in [0.15, 0.2) is 52.8 Å². The van der Waals surface area contributed by atoms with Crippen LogP contribution in [0, 0.1) is 0 Å². The topological polar surface area (TPSA) is 56.7 Å². The minimum atomic E-state index is -0.0282. The lowest BCUT2D eigenvalue weighted by Crippen LogP contribution is -2.39. The summed E-state index contributed by atoms with van der Waals surface area (Å²) in [5.74, 6) is 0.606. The van der Waals surface area contributed by atoms with E-state index in [2.05, 4.69) is 40.7 Å². The second kappa shape index (κ2) is 11.1. The monoisotopic (exact) mass is 472 g/mol. The number of benzene rings is 1. The van der Waals surface area contributed by atoms with Crippen LogP contribution in [0.2, 0.25) is 0 Å². The Balaban J connectivity index is 0.00000312. The average molecular weight is 472 g/mol. The van der Waals surface area contributed by atoms with E-state index in [0.29, 0.717) is 12.5 Å². The van der Waals surface area contributed by atoms with Gasteiger partial charge in [0.1, 0.15) is 6.54 Å². The Morgan fingerprint density at radius 2 is 1.92 bits per heavy atom. The summed E-state index contributed by atoms with van der Waals surface area (Å²) in [6.45, 7) is 2.88. The number of thiophene rings is 1. The summed E-state index contributed by atoms with van der Waals surface area (Å²) in [7, 11) is 3.47. The lowest BCUT2D eigenvalue weighted by atomic mass is 10.1. The molecule has 0 spiro atoms. The Morgan fingerprint density at radius 1 is 1.20 bits per heavy atom. The van der Waals surface area contributed by atoms with Crippen molar-refractivity contribution in [2.75, 3.05) is 20.6 Å². The molecular formula is C18H25IN4OS. The molecule has 7 heteroatoms. The second-order valence-corrected chi connectivity index (χ2v) is 6.69. The molecule has 1 atom stereocenters. The molecule has 0 aliphatic rings. The SMILES string of the molecule is CC(NC(=NCC(=O)N(C)C)NCc1cccs1)c1ccccc1.I. The van der Waals surface area contributed by atoms with Gasteiger partial charge in [0.2, 0.25) is 5.91 Å². The molecule has 5 nitrogen and oxygen atoms in total. The lowest BCUT2D eigenvalue weighted by Gasteiger charge is -2.19. The quantitative estimate of drug-likeness (QED) is 0.386. The molecule has 2 rings (SSSR count). The van der Waals surface area contributed by atoms with Gasteiger partial charge in [0.05, 0.1) is 12.6 Å². The first kappa shape index (κ1) is 21.4. The van der Waals surface area contributed by atoms with E-state index in [1.165, 1.54) is 10.4 Å². The third kappa shape index (κ3) is 7.43. The largest absolute Gasteiger partial charge is 0.351 e. The first-order valence-corrected chi connectivity index (χ1v) is 8.76. The number of carbonyl (C=O) groups is 1. The number of aliphatic imine (C=N–C) groups is 1. The standard InChI is InChI=1S/C18H24N4OS.HI/c1-14(15-8-5-4-6-9-15)21-18(20-13-17(23)22(2)3)19-12-16-10-7-11-24-16;/h4-11,14H,12-13H2,1-3H3,(H2,19,20,21);1H. The van der Waals surface area contributed by atoms with Crippen molar-refractivity contribution < 1.29 is 4.79 Å². The van der Waals surface area contributed by atoms with Crippen molar-refractivity contribution in [2.45, 2.75) is 19.5 Å². The van der Waals surface area contributed by atoms with E-state index >= 15 is 0 Å². The summed E-state index contributed by atoms with van der Waals surface area (Å²) < 4.78 is 0. The predicted octanol–water partition coefficient (Wildman–Crippen LogP) is 3.25. The van der Waals surface area contributed by atoms with Crippen LogP contribution in [-0.2, 0) is 11.3 Å². The zero-order valence-corrected chi connectivity index (χ0v) is 17.9. The normalized spacial score (nSPS) is 12.0. The molecule has 0 saturated carbocycles. The maximum absolute atomic E-state index is 11.8. The zero-order chi connectivity index (χ0) is 17.4. The fourth-order valence-electron chi connectivity index (χ4n) is 2.05. The van der Waals surface area contributed by atoms with Gasteiger partial charge in [-0.25, -0.2) is 4.99 Å². The third-order valence-corrected chi connectivity index (χ3v) is 4.41. The number of hydrogen-bond acceptors (Lipinski definition) is 3. The molecule has 0 aliphatic carbocycles. The number of carbonyl (C=O) groups excluding carboxylic acids is 1. The highest BCUT2D eigenvalue weighted by molar-refractivity contribution is 14.0. The molecule has 136 valence electrons. The summed E-state index contributed by atoms with van der Waals surface area (Å²) in [5, 5.41) is 8.70. The number of nitrogens with zero attached hydrogens (tertiary/aromatic N) is 2. The van der Waals surface area contributed by atoms with Crippen LogP contribution in [0.25, 0.3) is 0 Å². The molecule has 1 aromatic heterocycles. The van der Waals surface area contributed by atoms with Crippen molar-refractivity contribution in [1.29, 1.82) is 0 Å². The van der Waals surface area contributed by atoms with Gasteiger partial charge in [-0.15, -0.1) is 35.3 Å². The number of hydrogen-bond donors (Lipinski definition) is 2.